The van der Waals surface area contributed by atoms with E-state index >= 15 is 0 Å². The maximum absolute atomic E-state index is 15.0. The van der Waals surface area contributed by atoms with E-state index in [4.69, 9.17) is 18.9 Å². The minimum atomic E-state index is -1.28. The molecule has 23 heteroatoms. The van der Waals surface area contributed by atoms with E-state index in [2.05, 4.69) is 0 Å². The van der Waals surface area contributed by atoms with Crippen LogP contribution in [0.1, 0.15) is 135 Å². The van der Waals surface area contributed by atoms with Crippen molar-refractivity contribution in [2.24, 2.45) is 53.3 Å². The smallest absolute Gasteiger partial charge is 0.326 e. The molecular weight excluding hydrogens is 1170 g/mol. The Bertz CT molecular complexity index is 2630. The van der Waals surface area contributed by atoms with Gasteiger partial charge in [-0.1, -0.05) is 108 Å². The molecule has 6 amide bonds. The summed E-state index contributed by atoms with van der Waals surface area (Å²) in [5.74, 6) is -11.5. The highest BCUT2D eigenvalue weighted by atomic mass is 16.6. The molecule has 0 saturated heterocycles. The van der Waals surface area contributed by atoms with Crippen LogP contribution in [0.15, 0.2) is 36.0 Å². The predicted molar refractivity (Wildman–Crippen MR) is 348 cm³/mol. The first-order chi connectivity index (χ1) is 42.3. The second-order valence-electron chi connectivity index (χ2n) is 26.4. The standard InChI is InChI=1S/C68H113N7O16/c1-26-43(11)57(56(77)34-44(12)61(79)72(19)51(32-39(3)4)55(76)36-48(62(80)70(17)46(14)67(85)86)35-47-28-30-49(90-25)31-29-47)45(13)59(78)53(37-88-23)74(21)63(81)50(27-2)71(18)64(82)52(33-40(5)6)73(20)65(83)54(38-89-24)75(22)66(84)60(42(9)10)91-68(87)58(41(7)8)69(15)16/h27-31,39-46,48,51-54,57-58,60H,26,32-38H2,1-25H3,(H,85,86)/b50-27+. The summed E-state index contributed by atoms with van der Waals surface area (Å²) in [4.78, 5) is 166. The minimum absolute atomic E-state index is 0.0920. The number of hydrogen-bond acceptors (Lipinski definition) is 16. The molecule has 1 aromatic carbocycles. The van der Waals surface area contributed by atoms with Gasteiger partial charge in [-0.05, 0) is 94.5 Å². The van der Waals surface area contributed by atoms with Gasteiger partial charge in [-0.25, -0.2) is 4.79 Å². The van der Waals surface area contributed by atoms with Crippen LogP contribution < -0.4 is 4.74 Å². The summed E-state index contributed by atoms with van der Waals surface area (Å²) in [5.41, 5.74) is 0.570. The number of aliphatic carboxylic acids is 1. The second-order valence-corrected chi connectivity index (χ2v) is 26.4. The molecule has 0 fully saturated rings. The molecule has 1 rings (SSSR count). The number of methoxy groups -OCH3 is 3. The van der Waals surface area contributed by atoms with E-state index in [1.54, 1.807) is 77.9 Å². The lowest BCUT2D eigenvalue weighted by molar-refractivity contribution is -0.170. The van der Waals surface area contributed by atoms with Crippen LogP contribution in [0.25, 0.3) is 0 Å². The van der Waals surface area contributed by atoms with Crippen molar-refractivity contribution in [1.82, 2.24) is 34.3 Å². The zero-order valence-electron chi connectivity index (χ0n) is 59.5. The van der Waals surface area contributed by atoms with E-state index in [9.17, 15) is 57.8 Å². The summed E-state index contributed by atoms with van der Waals surface area (Å²) < 4.78 is 22.2. The van der Waals surface area contributed by atoms with Gasteiger partial charge < -0.3 is 53.5 Å². The number of likely N-dealkylation sites (N-methyl/N-ethyl adjacent to an activating group) is 7. The van der Waals surface area contributed by atoms with Crippen molar-refractivity contribution in [3.63, 3.8) is 0 Å². The van der Waals surface area contributed by atoms with Gasteiger partial charge in [-0.3, -0.25) is 52.8 Å². The first-order valence-electron chi connectivity index (χ1n) is 31.8. The first-order valence-corrected chi connectivity index (χ1v) is 31.8. The Balaban J connectivity index is 3.64. The lowest BCUT2D eigenvalue weighted by atomic mass is 9.74. The molecular formula is C68H113N7O16. The van der Waals surface area contributed by atoms with Gasteiger partial charge in [-0.2, -0.15) is 0 Å². The van der Waals surface area contributed by atoms with Crippen molar-refractivity contribution >= 4 is 64.7 Å². The Morgan fingerprint density at radius 2 is 1.07 bits per heavy atom. The molecule has 0 saturated carbocycles. The van der Waals surface area contributed by atoms with Crippen molar-refractivity contribution in [2.45, 2.75) is 178 Å². The van der Waals surface area contributed by atoms with Gasteiger partial charge in [0.15, 0.2) is 17.7 Å². The Morgan fingerprint density at radius 1 is 0.560 bits per heavy atom. The molecule has 0 heterocycles. The Kier molecular flexibility index (Phi) is 34.8. The maximum atomic E-state index is 15.0. The molecule has 0 aromatic heterocycles. The molecule has 12 atom stereocenters. The van der Waals surface area contributed by atoms with Gasteiger partial charge in [0.05, 0.1) is 26.4 Å². The number of esters is 1. The summed E-state index contributed by atoms with van der Waals surface area (Å²) in [6, 6.07) is 0.372. The highest BCUT2D eigenvalue weighted by molar-refractivity contribution is 6.03. The number of amides is 6. The van der Waals surface area contributed by atoms with Crippen molar-refractivity contribution in [3.8, 4) is 5.75 Å². The zero-order chi connectivity index (χ0) is 70.4. The highest BCUT2D eigenvalue weighted by Crippen LogP contribution is 2.32. The topological polar surface area (TPSA) is 268 Å². The molecule has 12 unspecified atom stereocenters. The number of ether oxygens (including phenoxy) is 4. The number of nitrogens with zero attached hydrogens (tertiary/aromatic N) is 7. The Labute approximate surface area is 543 Å². The fraction of sp³-hybridized carbons (Fsp3) is 0.721. The summed E-state index contributed by atoms with van der Waals surface area (Å²) >= 11 is 0. The van der Waals surface area contributed by atoms with E-state index in [1.165, 1.54) is 91.3 Å². The van der Waals surface area contributed by atoms with Crippen LogP contribution in [-0.4, -0.2) is 237 Å². The second kappa shape index (κ2) is 38.4. The number of Topliss-reactive ketones (excluding diaryl/α,β-unsaturated/α-hetero) is 3. The molecule has 0 aliphatic carbocycles. The van der Waals surface area contributed by atoms with Crippen LogP contribution in [0.3, 0.4) is 0 Å². The van der Waals surface area contributed by atoms with Gasteiger partial charge >= 0.3 is 11.9 Å². The van der Waals surface area contributed by atoms with Crippen LogP contribution in [0.2, 0.25) is 0 Å². The average Bonchev–Trinajstić information content (AvgIpc) is 2.43. The summed E-state index contributed by atoms with van der Waals surface area (Å²) in [5, 5.41) is 9.76. The van der Waals surface area contributed by atoms with Crippen LogP contribution in [0.5, 0.6) is 5.75 Å². The monoisotopic (exact) mass is 1280 g/mol. The molecule has 1 aromatic rings. The van der Waals surface area contributed by atoms with E-state index in [1.807, 2.05) is 55.4 Å². The van der Waals surface area contributed by atoms with Gasteiger partial charge in [-0.15, -0.1) is 0 Å². The van der Waals surface area contributed by atoms with Gasteiger partial charge in [0.25, 0.3) is 11.8 Å². The van der Waals surface area contributed by atoms with E-state index in [0.29, 0.717) is 17.7 Å². The molecule has 0 radical (unpaired) electrons. The number of rotatable bonds is 40. The van der Waals surface area contributed by atoms with Crippen LogP contribution in [0, 0.1) is 53.3 Å². The summed E-state index contributed by atoms with van der Waals surface area (Å²) in [6.07, 6.45) is 0.466. The third kappa shape index (κ3) is 22.9. The van der Waals surface area contributed by atoms with Crippen LogP contribution >= 0.6 is 0 Å². The molecule has 516 valence electrons. The minimum Gasteiger partial charge on any atom is -0.497 e. The largest absolute Gasteiger partial charge is 0.497 e. The molecule has 0 spiro atoms. The number of allylic oxidation sites excluding steroid dienone is 1. The quantitative estimate of drug-likeness (QED) is 0.0549. The van der Waals surface area contributed by atoms with Crippen molar-refractivity contribution < 1.29 is 76.8 Å². The van der Waals surface area contributed by atoms with Crippen molar-refractivity contribution in [2.75, 3.05) is 90.9 Å². The number of carboxylic acid groups (broad SMARTS) is 1. The van der Waals surface area contributed by atoms with Crippen LogP contribution in [0.4, 0.5) is 0 Å². The summed E-state index contributed by atoms with van der Waals surface area (Å²) in [6.45, 7) is 23.9. The maximum Gasteiger partial charge on any atom is 0.326 e. The highest BCUT2D eigenvalue weighted by Gasteiger charge is 2.45. The number of ketones is 3. The molecule has 91 heavy (non-hydrogen) atoms. The molecule has 0 aliphatic rings. The predicted octanol–water partition coefficient (Wildman–Crippen LogP) is 6.42. The third-order valence-electron chi connectivity index (χ3n) is 17.5. The molecule has 23 nitrogen and oxygen atoms in total. The summed E-state index contributed by atoms with van der Waals surface area (Å²) in [7, 11) is 16.2. The van der Waals surface area contributed by atoms with E-state index < -0.39 is 131 Å². The fourth-order valence-corrected chi connectivity index (χ4v) is 11.7. The van der Waals surface area contributed by atoms with Gasteiger partial charge in [0, 0.05) is 93.0 Å². The normalized spacial score (nSPS) is 15.9. The number of hydrogen-bond donors (Lipinski definition) is 1. The third-order valence-corrected chi connectivity index (χ3v) is 17.5. The van der Waals surface area contributed by atoms with Gasteiger partial charge in [0.2, 0.25) is 23.6 Å². The number of carbonyl (C=O) groups excluding carboxylic acids is 10. The fourth-order valence-electron chi connectivity index (χ4n) is 11.7. The zero-order valence-corrected chi connectivity index (χ0v) is 59.5. The lowest BCUT2D eigenvalue weighted by Gasteiger charge is -2.38. The molecule has 1 N–H and O–H groups in total. The van der Waals surface area contributed by atoms with E-state index in [0.717, 1.165) is 14.7 Å². The van der Waals surface area contributed by atoms with Gasteiger partial charge in [0.1, 0.15) is 47.4 Å². The molecule has 0 bridgehead atoms. The molecule has 0 aliphatic heterocycles. The van der Waals surface area contributed by atoms with E-state index in [-0.39, 0.29) is 80.5 Å². The Hall–Kier alpha value is -6.59. The van der Waals surface area contributed by atoms with Crippen LogP contribution in [-0.2, 0) is 73.4 Å². The number of benzene rings is 1. The average molecular weight is 1280 g/mol. The number of carboxylic acids is 1. The number of carbonyl (C=O) groups is 11. The van der Waals surface area contributed by atoms with Crippen molar-refractivity contribution in [1.29, 1.82) is 0 Å². The van der Waals surface area contributed by atoms with Crippen molar-refractivity contribution in [3.05, 3.63) is 41.6 Å². The SMILES string of the molecule is C/C=C(\C(=O)N(C)C(COC)C(=O)C(C)C(C(=O)CC(C)C(=O)N(C)C(CC(C)C)C(=O)CC(Cc1ccc(OC)cc1)C(=O)N(C)C(C)C(=O)O)C(C)CC)N(C)C(=O)C(CC(C)C)N(C)C(=O)C(COC)N(C)C(=O)C(OC(=O)C(C(C)C)N(C)C)C(C)C. The first kappa shape index (κ1) is 82.4. The lowest BCUT2D eigenvalue weighted by Crippen LogP contribution is -2.58. The Morgan fingerprint density at radius 3 is 1.52 bits per heavy atom.